The number of carbonyl (C=O) groups is 1. The van der Waals surface area contributed by atoms with E-state index in [1.165, 1.54) is 37.2 Å². The number of carbonyl (C=O) groups excluding carboxylic acids is 1. The van der Waals surface area contributed by atoms with Gasteiger partial charge in [-0.1, -0.05) is 12.1 Å². The minimum atomic E-state index is -0.424. The third-order valence-electron chi connectivity index (χ3n) is 5.12. The lowest BCUT2D eigenvalue weighted by Gasteiger charge is -2.33. The number of anilines is 1. The molecule has 26 heavy (non-hydrogen) atoms. The van der Waals surface area contributed by atoms with Gasteiger partial charge in [0.25, 0.3) is 0 Å². The molecule has 2 aliphatic rings. The van der Waals surface area contributed by atoms with Crippen molar-refractivity contribution in [3.63, 3.8) is 0 Å². The van der Waals surface area contributed by atoms with Gasteiger partial charge >= 0.3 is 6.09 Å². The monoisotopic (exact) mass is 359 g/mol. The Labute approximate surface area is 157 Å². The average molecular weight is 360 g/mol. The van der Waals surface area contributed by atoms with E-state index in [0.717, 1.165) is 32.5 Å². The van der Waals surface area contributed by atoms with Crippen LogP contribution in [0.4, 0.5) is 10.5 Å². The van der Waals surface area contributed by atoms with Gasteiger partial charge in [0.15, 0.2) is 0 Å². The van der Waals surface area contributed by atoms with Crippen LogP contribution < -0.4 is 10.2 Å². The van der Waals surface area contributed by atoms with Crippen LogP contribution in [0.15, 0.2) is 24.3 Å². The predicted octanol–water partition coefficient (Wildman–Crippen LogP) is 3.78. The maximum Gasteiger partial charge on any atom is 0.410 e. The highest BCUT2D eigenvalue weighted by atomic mass is 16.6. The Morgan fingerprint density at radius 3 is 2.50 bits per heavy atom. The summed E-state index contributed by atoms with van der Waals surface area (Å²) in [6, 6.07) is 9.35. The Bertz CT molecular complexity index is 598. The predicted molar refractivity (Wildman–Crippen MR) is 106 cm³/mol. The van der Waals surface area contributed by atoms with Crippen LogP contribution >= 0.6 is 0 Å². The summed E-state index contributed by atoms with van der Waals surface area (Å²) in [4.78, 5) is 16.4. The fourth-order valence-electron chi connectivity index (χ4n) is 3.69. The number of ether oxygens (including phenoxy) is 1. The average Bonchev–Trinajstić information content (AvgIpc) is 3.14. The van der Waals surface area contributed by atoms with E-state index in [9.17, 15) is 4.79 Å². The van der Waals surface area contributed by atoms with Gasteiger partial charge in [0, 0.05) is 44.5 Å². The zero-order valence-electron chi connectivity index (χ0n) is 16.5. The SMILES string of the molecule is CC(C)(C)OC(=O)N1CCC(NCc2cccc(N3CCCC3)c2)CC1. The van der Waals surface area contributed by atoms with E-state index in [1.54, 1.807) is 0 Å². The largest absolute Gasteiger partial charge is 0.444 e. The summed E-state index contributed by atoms with van der Waals surface area (Å²) in [5.74, 6) is 0. The van der Waals surface area contributed by atoms with Gasteiger partial charge in [-0.3, -0.25) is 0 Å². The second kappa shape index (κ2) is 8.30. The molecule has 1 aromatic carbocycles. The molecule has 144 valence electrons. The summed E-state index contributed by atoms with van der Waals surface area (Å²) in [7, 11) is 0. The van der Waals surface area contributed by atoms with Crippen molar-refractivity contribution in [2.45, 2.75) is 64.6 Å². The van der Waals surface area contributed by atoms with Gasteiger partial charge in [-0.15, -0.1) is 0 Å². The molecule has 1 amide bonds. The van der Waals surface area contributed by atoms with E-state index in [1.807, 2.05) is 25.7 Å². The number of benzene rings is 1. The molecule has 0 spiro atoms. The Balaban J connectivity index is 1.44. The van der Waals surface area contributed by atoms with Crippen molar-refractivity contribution in [2.24, 2.45) is 0 Å². The molecule has 0 aliphatic carbocycles. The first-order chi connectivity index (χ1) is 12.4. The maximum absolute atomic E-state index is 12.1. The summed E-state index contributed by atoms with van der Waals surface area (Å²) < 4.78 is 5.47. The Hall–Kier alpha value is -1.75. The quantitative estimate of drug-likeness (QED) is 0.889. The van der Waals surface area contributed by atoms with Crippen LogP contribution in [0.3, 0.4) is 0 Å². The number of nitrogens with zero attached hydrogens (tertiary/aromatic N) is 2. The fourth-order valence-corrected chi connectivity index (χ4v) is 3.69. The van der Waals surface area contributed by atoms with E-state index in [2.05, 4.69) is 34.5 Å². The van der Waals surface area contributed by atoms with Gasteiger partial charge in [0.2, 0.25) is 0 Å². The number of rotatable bonds is 4. The van der Waals surface area contributed by atoms with Crippen LogP contribution in [-0.2, 0) is 11.3 Å². The van der Waals surface area contributed by atoms with Crippen molar-refractivity contribution in [2.75, 3.05) is 31.1 Å². The van der Waals surface area contributed by atoms with E-state index in [-0.39, 0.29) is 6.09 Å². The van der Waals surface area contributed by atoms with Crippen LogP contribution in [0.1, 0.15) is 52.0 Å². The fraction of sp³-hybridized carbons (Fsp3) is 0.667. The topological polar surface area (TPSA) is 44.8 Å². The third kappa shape index (κ3) is 5.37. The number of hydrogen-bond acceptors (Lipinski definition) is 4. The molecule has 0 unspecified atom stereocenters. The van der Waals surface area contributed by atoms with Crippen molar-refractivity contribution in [3.05, 3.63) is 29.8 Å². The highest BCUT2D eigenvalue weighted by Gasteiger charge is 2.26. The molecule has 1 N–H and O–H groups in total. The molecule has 0 radical (unpaired) electrons. The molecule has 2 heterocycles. The lowest BCUT2D eigenvalue weighted by atomic mass is 10.0. The molecule has 5 heteroatoms. The molecule has 3 rings (SSSR count). The molecule has 2 aliphatic heterocycles. The van der Waals surface area contributed by atoms with Gasteiger partial charge in [0.1, 0.15) is 5.60 Å². The van der Waals surface area contributed by atoms with Crippen LogP contribution in [0.2, 0.25) is 0 Å². The molecule has 5 nitrogen and oxygen atoms in total. The number of hydrogen-bond donors (Lipinski definition) is 1. The normalized spacial score (nSPS) is 19.0. The van der Waals surface area contributed by atoms with Crippen LogP contribution in [0.25, 0.3) is 0 Å². The molecule has 0 saturated carbocycles. The highest BCUT2D eigenvalue weighted by Crippen LogP contribution is 2.21. The first kappa shape index (κ1) is 19.0. The zero-order chi connectivity index (χ0) is 18.6. The second-order valence-corrected chi connectivity index (χ2v) is 8.49. The number of piperidine rings is 1. The molecule has 0 atom stereocenters. The molecule has 2 saturated heterocycles. The lowest BCUT2D eigenvalue weighted by Crippen LogP contribution is -2.46. The van der Waals surface area contributed by atoms with E-state index >= 15 is 0 Å². The minimum absolute atomic E-state index is 0.186. The Morgan fingerprint density at radius 1 is 1.15 bits per heavy atom. The standard InChI is InChI=1S/C21H33N3O2/c1-21(2,3)26-20(25)24-13-9-18(10-14-24)22-16-17-7-6-8-19(15-17)23-11-4-5-12-23/h6-8,15,18,22H,4-5,9-14,16H2,1-3H3. The van der Waals surface area contributed by atoms with Crippen molar-refractivity contribution in [3.8, 4) is 0 Å². The lowest BCUT2D eigenvalue weighted by molar-refractivity contribution is 0.0198. The van der Waals surface area contributed by atoms with Gasteiger partial charge in [0.05, 0.1) is 0 Å². The van der Waals surface area contributed by atoms with Crippen LogP contribution in [-0.4, -0.2) is 48.8 Å². The number of nitrogens with one attached hydrogen (secondary N) is 1. The molecule has 2 fully saturated rings. The van der Waals surface area contributed by atoms with E-state index < -0.39 is 5.60 Å². The Kier molecular flexibility index (Phi) is 6.07. The molecule has 1 aromatic rings. The number of likely N-dealkylation sites (tertiary alicyclic amines) is 1. The zero-order valence-corrected chi connectivity index (χ0v) is 16.5. The smallest absolute Gasteiger partial charge is 0.410 e. The van der Waals surface area contributed by atoms with Crippen LogP contribution in [0.5, 0.6) is 0 Å². The third-order valence-corrected chi connectivity index (χ3v) is 5.12. The summed E-state index contributed by atoms with van der Waals surface area (Å²) >= 11 is 0. The van der Waals surface area contributed by atoms with Crippen molar-refractivity contribution in [1.82, 2.24) is 10.2 Å². The van der Waals surface area contributed by atoms with Crippen molar-refractivity contribution >= 4 is 11.8 Å². The summed E-state index contributed by atoms with van der Waals surface area (Å²) in [6.07, 6.45) is 4.38. The maximum atomic E-state index is 12.1. The summed E-state index contributed by atoms with van der Waals surface area (Å²) in [5.41, 5.74) is 2.26. The van der Waals surface area contributed by atoms with Gasteiger partial charge in [-0.25, -0.2) is 4.79 Å². The first-order valence-corrected chi connectivity index (χ1v) is 9.96. The summed E-state index contributed by atoms with van der Waals surface area (Å²) in [6.45, 7) is 10.5. The minimum Gasteiger partial charge on any atom is -0.444 e. The molecular formula is C21H33N3O2. The molecule has 0 aromatic heterocycles. The van der Waals surface area contributed by atoms with Crippen molar-refractivity contribution in [1.29, 1.82) is 0 Å². The number of amides is 1. The van der Waals surface area contributed by atoms with Crippen molar-refractivity contribution < 1.29 is 9.53 Å². The molecule has 0 bridgehead atoms. The highest BCUT2D eigenvalue weighted by molar-refractivity contribution is 5.68. The van der Waals surface area contributed by atoms with E-state index in [0.29, 0.717) is 6.04 Å². The van der Waals surface area contributed by atoms with Gasteiger partial charge in [-0.05, 0) is 64.2 Å². The van der Waals surface area contributed by atoms with Crippen LogP contribution in [0, 0.1) is 0 Å². The molecular weight excluding hydrogens is 326 g/mol. The second-order valence-electron chi connectivity index (χ2n) is 8.49. The summed E-state index contributed by atoms with van der Waals surface area (Å²) in [5, 5.41) is 3.67. The van der Waals surface area contributed by atoms with Gasteiger partial charge in [-0.2, -0.15) is 0 Å². The van der Waals surface area contributed by atoms with E-state index in [4.69, 9.17) is 4.74 Å². The Morgan fingerprint density at radius 2 is 1.85 bits per heavy atom. The van der Waals surface area contributed by atoms with Gasteiger partial charge < -0.3 is 19.9 Å². The first-order valence-electron chi connectivity index (χ1n) is 9.96.